The van der Waals surface area contributed by atoms with Crippen LogP contribution in [0.3, 0.4) is 0 Å². The second-order valence-corrected chi connectivity index (χ2v) is 8.32. The Labute approximate surface area is 156 Å². The molecule has 0 radical (unpaired) electrons. The third kappa shape index (κ3) is 4.32. The standard InChI is InChI=1S/C17H26N4O6/c1-16(2,3)13(23)26-8-20-11-10(18-7-19-11)12(22)21(15(20)25)9-27-14(24)17(4,5)6/h18-19H,7-9H2,1-6H3. The molecule has 10 heteroatoms. The molecule has 0 saturated heterocycles. The van der Waals surface area contributed by atoms with Gasteiger partial charge in [-0.25, -0.2) is 13.9 Å². The van der Waals surface area contributed by atoms with Gasteiger partial charge in [0.1, 0.15) is 11.5 Å². The van der Waals surface area contributed by atoms with Crippen molar-refractivity contribution in [3.05, 3.63) is 20.8 Å². The number of nitrogens with zero attached hydrogens (tertiary/aromatic N) is 2. The largest absolute Gasteiger partial charge is 0.443 e. The number of carbonyl (C=O) groups excluding carboxylic acids is 2. The van der Waals surface area contributed by atoms with Crippen LogP contribution in [0.25, 0.3) is 0 Å². The lowest BCUT2D eigenvalue weighted by molar-refractivity contribution is -0.157. The highest BCUT2D eigenvalue weighted by atomic mass is 16.6. The summed E-state index contributed by atoms with van der Waals surface area (Å²) in [6, 6.07) is 0. The average molecular weight is 382 g/mol. The molecular weight excluding hydrogens is 356 g/mol. The van der Waals surface area contributed by atoms with Gasteiger partial charge in [-0.1, -0.05) is 0 Å². The number of ether oxygens (including phenoxy) is 2. The van der Waals surface area contributed by atoms with Crippen molar-refractivity contribution in [2.24, 2.45) is 10.8 Å². The quantitative estimate of drug-likeness (QED) is 0.737. The molecule has 0 saturated carbocycles. The first-order chi connectivity index (χ1) is 12.3. The van der Waals surface area contributed by atoms with E-state index in [9.17, 15) is 19.2 Å². The van der Waals surface area contributed by atoms with Crippen molar-refractivity contribution < 1.29 is 19.1 Å². The van der Waals surface area contributed by atoms with Gasteiger partial charge in [0.15, 0.2) is 13.5 Å². The van der Waals surface area contributed by atoms with Crippen LogP contribution in [0.5, 0.6) is 0 Å². The number of anilines is 2. The first kappa shape index (κ1) is 20.5. The van der Waals surface area contributed by atoms with Crippen LogP contribution in [0.2, 0.25) is 0 Å². The Morgan fingerprint density at radius 1 is 0.889 bits per heavy atom. The number of hydrogen-bond acceptors (Lipinski definition) is 8. The van der Waals surface area contributed by atoms with Crippen molar-refractivity contribution >= 4 is 23.4 Å². The lowest BCUT2D eigenvalue weighted by Crippen LogP contribution is -2.42. The number of hydrogen-bond donors (Lipinski definition) is 2. The zero-order chi connectivity index (χ0) is 20.6. The van der Waals surface area contributed by atoms with E-state index < -0.39 is 40.7 Å². The van der Waals surface area contributed by atoms with Crippen LogP contribution in [0.15, 0.2) is 9.59 Å². The van der Waals surface area contributed by atoms with E-state index in [0.717, 1.165) is 9.13 Å². The van der Waals surface area contributed by atoms with E-state index in [0.29, 0.717) is 0 Å². The summed E-state index contributed by atoms with van der Waals surface area (Å²) < 4.78 is 12.2. The van der Waals surface area contributed by atoms with Crippen LogP contribution in [0, 0.1) is 10.8 Å². The Hall–Kier alpha value is -2.78. The Morgan fingerprint density at radius 3 is 1.85 bits per heavy atom. The minimum atomic E-state index is -0.776. The fourth-order valence-electron chi connectivity index (χ4n) is 2.17. The lowest BCUT2D eigenvalue weighted by Gasteiger charge is -2.20. The van der Waals surface area contributed by atoms with Crippen LogP contribution in [-0.4, -0.2) is 27.7 Å². The number of esters is 2. The van der Waals surface area contributed by atoms with Crippen molar-refractivity contribution in [2.45, 2.75) is 55.0 Å². The molecule has 0 fully saturated rings. The number of aromatic nitrogens is 2. The van der Waals surface area contributed by atoms with Crippen LogP contribution >= 0.6 is 0 Å². The Morgan fingerprint density at radius 2 is 1.37 bits per heavy atom. The summed E-state index contributed by atoms with van der Waals surface area (Å²) in [5.74, 6) is -0.817. The molecule has 1 aromatic heterocycles. The third-order valence-corrected chi connectivity index (χ3v) is 3.82. The maximum absolute atomic E-state index is 12.7. The van der Waals surface area contributed by atoms with Gasteiger partial charge < -0.3 is 20.1 Å². The minimum absolute atomic E-state index is 0.146. The van der Waals surface area contributed by atoms with Crippen LogP contribution in [0.1, 0.15) is 41.5 Å². The molecular formula is C17H26N4O6. The van der Waals surface area contributed by atoms with Gasteiger partial charge >= 0.3 is 17.6 Å². The molecule has 0 unspecified atom stereocenters. The smallest absolute Gasteiger partial charge is 0.338 e. The molecule has 1 aliphatic rings. The monoisotopic (exact) mass is 382 g/mol. The van der Waals surface area contributed by atoms with Crippen LogP contribution in [-0.2, 0) is 32.5 Å². The fraction of sp³-hybridized carbons (Fsp3) is 0.647. The van der Waals surface area contributed by atoms with E-state index in [4.69, 9.17) is 9.47 Å². The normalized spacial score (nSPS) is 13.4. The van der Waals surface area contributed by atoms with Gasteiger partial charge in [-0.3, -0.25) is 14.4 Å². The average Bonchev–Trinajstić information content (AvgIpc) is 3.01. The molecule has 0 aromatic carbocycles. The molecule has 10 nitrogen and oxygen atoms in total. The van der Waals surface area contributed by atoms with E-state index in [1.54, 1.807) is 41.5 Å². The van der Waals surface area contributed by atoms with Crippen molar-refractivity contribution in [1.82, 2.24) is 9.13 Å². The molecule has 0 spiro atoms. The molecule has 0 amide bonds. The van der Waals surface area contributed by atoms with Gasteiger partial charge in [0, 0.05) is 0 Å². The highest BCUT2D eigenvalue weighted by molar-refractivity contribution is 5.75. The van der Waals surface area contributed by atoms with Crippen LogP contribution < -0.4 is 21.9 Å². The van der Waals surface area contributed by atoms with Crippen molar-refractivity contribution in [3.63, 3.8) is 0 Å². The summed E-state index contributed by atoms with van der Waals surface area (Å²) >= 11 is 0. The zero-order valence-electron chi connectivity index (χ0n) is 16.5. The second kappa shape index (κ2) is 7.09. The summed E-state index contributed by atoms with van der Waals surface area (Å²) in [6.45, 7) is 9.39. The maximum Gasteiger partial charge on any atom is 0.338 e. The molecule has 150 valence electrons. The molecule has 2 rings (SSSR count). The van der Waals surface area contributed by atoms with E-state index in [1.165, 1.54) is 0 Å². The Balaban J connectivity index is 2.36. The number of nitrogens with one attached hydrogen (secondary N) is 2. The van der Waals surface area contributed by atoms with Gasteiger partial charge in [-0.05, 0) is 41.5 Å². The van der Waals surface area contributed by atoms with Gasteiger partial charge in [-0.2, -0.15) is 0 Å². The number of fused-ring (bicyclic) bond motifs is 1. The molecule has 27 heavy (non-hydrogen) atoms. The number of rotatable bonds is 4. The molecule has 2 heterocycles. The highest BCUT2D eigenvalue weighted by Gasteiger charge is 2.28. The highest BCUT2D eigenvalue weighted by Crippen LogP contribution is 2.21. The first-order valence-corrected chi connectivity index (χ1v) is 8.54. The topological polar surface area (TPSA) is 121 Å². The summed E-state index contributed by atoms with van der Waals surface area (Å²) in [7, 11) is 0. The predicted molar refractivity (Wildman–Crippen MR) is 98.2 cm³/mol. The van der Waals surface area contributed by atoms with E-state index in [1.807, 2.05) is 0 Å². The predicted octanol–water partition coefficient (Wildman–Crippen LogP) is 0.899. The molecule has 2 N–H and O–H groups in total. The summed E-state index contributed by atoms with van der Waals surface area (Å²) in [5, 5.41) is 5.70. The fourth-order valence-corrected chi connectivity index (χ4v) is 2.17. The van der Waals surface area contributed by atoms with Gasteiger partial charge in [0.25, 0.3) is 5.56 Å². The number of carbonyl (C=O) groups is 2. The van der Waals surface area contributed by atoms with Gasteiger partial charge in [0.2, 0.25) is 0 Å². The molecule has 1 aliphatic heterocycles. The molecule has 0 bridgehead atoms. The van der Waals surface area contributed by atoms with Crippen molar-refractivity contribution in [1.29, 1.82) is 0 Å². The first-order valence-electron chi connectivity index (χ1n) is 8.54. The van der Waals surface area contributed by atoms with Crippen LogP contribution in [0.4, 0.5) is 11.5 Å². The minimum Gasteiger partial charge on any atom is -0.443 e. The van der Waals surface area contributed by atoms with Gasteiger partial charge in [0.05, 0.1) is 17.5 Å². The molecule has 0 aliphatic carbocycles. The summed E-state index contributed by atoms with van der Waals surface area (Å²) in [6.07, 6.45) is 0. The van der Waals surface area contributed by atoms with E-state index in [-0.39, 0.29) is 24.9 Å². The Kier molecular flexibility index (Phi) is 5.39. The Bertz CT molecular complexity index is 870. The molecule has 0 atom stereocenters. The maximum atomic E-state index is 12.7. The summed E-state index contributed by atoms with van der Waals surface area (Å²) in [5.41, 5.74) is -2.75. The van der Waals surface area contributed by atoms with E-state index >= 15 is 0 Å². The van der Waals surface area contributed by atoms with Crippen molar-refractivity contribution in [3.8, 4) is 0 Å². The zero-order valence-corrected chi connectivity index (χ0v) is 16.5. The second-order valence-electron chi connectivity index (χ2n) is 8.32. The third-order valence-electron chi connectivity index (χ3n) is 3.82. The van der Waals surface area contributed by atoms with E-state index in [2.05, 4.69) is 10.6 Å². The lowest BCUT2D eigenvalue weighted by atomic mass is 9.97. The SMILES string of the molecule is CC(C)(C)C(=O)OCn1c2c(c(=O)n(COC(=O)C(C)(C)C)c1=O)NCN2. The summed E-state index contributed by atoms with van der Waals surface area (Å²) in [4.78, 5) is 49.3. The molecule has 1 aromatic rings. The van der Waals surface area contributed by atoms with Crippen molar-refractivity contribution in [2.75, 3.05) is 17.3 Å². The van der Waals surface area contributed by atoms with Gasteiger partial charge in [-0.15, -0.1) is 0 Å².